The van der Waals surface area contributed by atoms with Gasteiger partial charge in [0.1, 0.15) is 11.6 Å². The second-order valence-electron chi connectivity index (χ2n) is 5.66. The van der Waals surface area contributed by atoms with Crippen LogP contribution in [0.1, 0.15) is 16.8 Å². The summed E-state index contributed by atoms with van der Waals surface area (Å²) in [5, 5.41) is 6.14. The lowest BCUT2D eigenvalue weighted by molar-refractivity contribution is 0.0945. The Morgan fingerprint density at radius 2 is 2.21 bits per heavy atom. The fraction of sp³-hybridized carbons (Fsp3) is 0.333. The van der Waals surface area contributed by atoms with Crippen LogP contribution >= 0.6 is 0 Å². The largest absolute Gasteiger partial charge is 0.495 e. The van der Waals surface area contributed by atoms with Crippen molar-refractivity contribution in [2.24, 2.45) is 5.92 Å². The number of para-hydroxylation sites is 2. The Morgan fingerprint density at radius 1 is 1.33 bits per heavy atom. The van der Waals surface area contributed by atoms with Crippen molar-refractivity contribution in [2.75, 3.05) is 32.2 Å². The number of benzene rings is 1. The van der Waals surface area contributed by atoms with Crippen molar-refractivity contribution in [1.82, 2.24) is 10.3 Å². The second kappa shape index (κ2) is 7.79. The van der Waals surface area contributed by atoms with E-state index in [0.29, 0.717) is 36.2 Å². The van der Waals surface area contributed by atoms with Gasteiger partial charge in [-0.1, -0.05) is 12.1 Å². The van der Waals surface area contributed by atoms with E-state index in [4.69, 9.17) is 9.47 Å². The molecule has 6 heteroatoms. The first kappa shape index (κ1) is 16.3. The summed E-state index contributed by atoms with van der Waals surface area (Å²) in [5.74, 6) is 1.43. The molecule has 2 heterocycles. The predicted molar refractivity (Wildman–Crippen MR) is 91.8 cm³/mol. The number of nitrogens with zero attached hydrogens (tertiary/aromatic N) is 1. The van der Waals surface area contributed by atoms with Gasteiger partial charge in [0.2, 0.25) is 0 Å². The number of anilines is 2. The third-order valence-corrected chi connectivity index (χ3v) is 3.99. The fourth-order valence-electron chi connectivity index (χ4n) is 2.64. The van der Waals surface area contributed by atoms with Crippen molar-refractivity contribution < 1.29 is 14.3 Å². The average molecular weight is 327 g/mol. The second-order valence-corrected chi connectivity index (χ2v) is 5.66. The molecule has 6 nitrogen and oxygen atoms in total. The van der Waals surface area contributed by atoms with E-state index < -0.39 is 0 Å². The Bertz CT molecular complexity index is 699. The van der Waals surface area contributed by atoms with E-state index in [2.05, 4.69) is 15.6 Å². The molecule has 0 spiro atoms. The monoisotopic (exact) mass is 327 g/mol. The first-order valence-electron chi connectivity index (χ1n) is 7.99. The van der Waals surface area contributed by atoms with Gasteiger partial charge in [0.05, 0.1) is 25.0 Å². The molecule has 1 fully saturated rings. The Morgan fingerprint density at radius 3 is 3.00 bits per heavy atom. The molecule has 0 bridgehead atoms. The molecule has 24 heavy (non-hydrogen) atoms. The van der Waals surface area contributed by atoms with E-state index in [-0.39, 0.29) is 5.91 Å². The van der Waals surface area contributed by atoms with Gasteiger partial charge in [-0.2, -0.15) is 0 Å². The highest BCUT2D eigenvalue weighted by molar-refractivity contribution is 5.99. The molecule has 0 aliphatic carbocycles. The first-order chi connectivity index (χ1) is 11.8. The van der Waals surface area contributed by atoms with Crippen LogP contribution in [0.4, 0.5) is 11.5 Å². The summed E-state index contributed by atoms with van der Waals surface area (Å²) in [6.45, 7) is 2.09. The van der Waals surface area contributed by atoms with Gasteiger partial charge >= 0.3 is 0 Å². The van der Waals surface area contributed by atoms with Gasteiger partial charge < -0.3 is 20.1 Å². The van der Waals surface area contributed by atoms with Crippen molar-refractivity contribution >= 4 is 17.4 Å². The van der Waals surface area contributed by atoms with E-state index in [1.54, 1.807) is 25.4 Å². The van der Waals surface area contributed by atoms with Crippen molar-refractivity contribution in [2.45, 2.75) is 6.42 Å². The zero-order chi connectivity index (χ0) is 16.8. The van der Waals surface area contributed by atoms with Crippen molar-refractivity contribution in [3.63, 3.8) is 0 Å². The van der Waals surface area contributed by atoms with Crippen molar-refractivity contribution in [3.05, 3.63) is 48.2 Å². The zero-order valence-electron chi connectivity index (χ0n) is 13.6. The quantitative estimate of drug-likeness (QED) is 0.853. The predicted octanol–water partition coefficient (Wildman–Crippen LogP) is 2.60. The minimum atomic E-state index is -0.146. The van der Waals surface area contributed by atoms with Gasteiger partial charge in [-0.05, 0) is 30.7 Å². The van der Waals surface area contributed by atoms with E-state index in [1.165, 1.54) is 0 Å². The molecule has 1 aromatic carbocycles. The van der Waals surface area contributed by atoms with E-state index in [0.717, 1.165) is 18.7 Å². The Kier molecular flexibility index (Phi) is 5.28. The Labute approximate surface area is 141 Å². The highest BCUT2D eigenvalue weighted by Gasteiger charge is 2.18. The number of ether oxygens (including phenoxy) is 2. The molecular weight excluding hydrogens is 306 g/mol. The maximum Gasteiger partial charge on any atom is 0.255 e. The molecule has 0 saturated carbocycles. The molecule has 1 aliphatic heterocycles. The number of amides is 1. The van der Waals surface area contributed by atoms with Gasteiger partial charge in [0, 0.05) is 25.3 Å². The standard InChI is InChI=1S/C18H21N3O3/c1-23-16-7-3-2-6-15(16)21-17-14(5-4-9-19-17)18(22)20-11-13-8-10-24-12-13/h2-7,9,13H,8,10-12H2,1H3,(H,19,21)(H,20,22). The van der Waals surface area contributed by atoms with Gasteiger partial charge in [0.25, 0.3) is 5.91 Å². The minimum Gasteiger partial charge on any atom is -0.495 e. The highest BCUT2D eigenvalue weighted by atomic mass is 16.5. The summed E-state index contributed by atoms with van der Waals surface area (Å²) < 4.78 is 10.7. The van der Waals surface area contributed by atoms with Crippen LogP contribution in [0.5, 0.6) is 5.75 Å². The first-order valence-corrected chi connectivity index (χ1v) is 7.99. The van der Waals surface area contributed by atoms with Gasteiger partial charge in [-0.3, -0.25) is 4.79 Å². The van der Waals surface area contributed by atoms with Crippen LogP contribution < -0.4 is 15.4 Å². The lowest BCUT2D eigenvalue weighted by Gasteiger charge is -2.14. The van der Waals surface area contributed by atoms with E-state index in [1.807, 2.05) is 24.3 Å². The molecule has 2 aromatic rings. The van der Waals surface area contributed by atoms with E-state index in [9.17, 15) is 4.79 Å². The van der Waals surface area contributed by atoms with Gasteiger partial charge in [-0.25, -0.2) is 4.98 Å². The summed E-state index contributed by atoms with van der Waals surface area (Å²) in [4.78, 5) is 16.8. The molecular formula is C18H21N3O3. The van der Waals surface area contributed by atoms with Crippen LogP contribution in [0.25, 0.3) is 0 Å². The third-order valence-electron chi connectivity index (χ3n) is 3.99. The molecule has 1 atom stereocenters. The molecule has 0 radical (unpaired) electrons. The molecule has 1 unspecified atom stereocenters. The molecule has 1 saturated heterocycles. The normalized spacial score (nSPS) is 16.6. The summed E-state index contributed by atoms with van der Waals surface area (Å²) >= 11 is 0. The highest BCUT2D eigenvalue weighted by Crippen LogP contribution is 2.27. The summed E-state index contributed by atoms with van der Waals surface area (Å²) in [6.07, 6.45) is 2.64. The Hall–Kier alpha value is -2.60. The summed E-state index contributed by atoms with van der Waals surface area (Å²) in [7, 11) is 1.61. The Balaban J connectivity index is 1.73. The molecule has 1 amide bonds. The van der Waals surface area contributed by atoms with Gasteiger partial charge in [-0.15, -0.1) is 0 Å². The maximum atomic E-state index is 12.5. The number of aromatic nitrogens is 1. The maximum absolute atomic E-state index is 12.5. The van der Waals surface area contributed by atoms with Crippen LogP contribution in [0, 0.1) is 5.92 Å². The van der Waals surface area contributed by atoms with E-state index >= 15 is 0 Å². The number of nitrogens with one attached hydrogen (secondary N) is 2. The number of carbonyl (C=O) groups excluding carboxylic acids is 1. The molecule has 1 aromatic heterocycles. The summed E-state index contributed by atoms with van der Waals surface area (Å²) in [5.41, 5.74) is 1.26. The fourth-order valence-corrected chi connectivity index (χ4v) is 2.64. The third kappa shape index (κ3) is 3.83. The van der Waals surface area contributed by atoms with Crippen LogP contribution in [0.3, 0.4) is 0 Å². The molecule has 2 N–H and O–H groups in total. The lowest BCUT2D eigenvalue weighted by atomic mass is 10.1. The SMILES string of the molecule is COc1ccccc1Nc1ncccc1C(=O)NCC1CCOC1. The van der Waals surface area contributed by atoms with Crippen LogP contribution in [0.2, 0.25) is 0 Å². The topological polar surface area (TPSA) is 72.5 Å². The average Bonchev–Trinajstić information content (AvgIpc) is 3.14. The number of methoxy groups -OCH3 is 1. The molecule has 126 valence electrons. The number of pyridine rings is 1. The van der Waals surface area contributed by atoms with Crippen LogP contribution in [-0.2, 0) is 4.74 Å². The number of rotatable bonds is 6. The minimum absolute atomic E-state index is 0.146. The molecule has 1 aliphatic rings. The number of hydrogen-bond donors (Lipinski definition) is 2. The zero-order valence-corrected chi connectivity index (χ0v) is 13.6. The number of carbonyl (C=O) groups is 1. The summed E-state index contributed by atoms with van der Waals surface area (Å²) in [6, 6.07) is 11.0. The van der Waals surface area contributed by atoms with Crippen molar-refractivity contribution in [3.8, 4) is 5.75 Å². The van der Waals surface area contributed by atoms with Crippen LogP contribution in [0.15, 0.2) is 42.6 Å². The molecule has 3 rings (SSSR count). The van der Waals surface area contributed by atoms with Gasteiger partial charge in [0.15, 0.2) is 0 Å². The lowest BCUT2D eigenvalue weighted by Crippen LogP contribution is -2.30. The van der Waals surface area contributed by atoms with Crippen molar-refractivity contribution in [1.29, 1.82) is 0 Å². The van der Waals surface area contributed by atoms with Crippen LogP contribution in [-0.4, -0.2) is 37.8 Å². The smallest absolute Gasteiger partial charge is 0.255 e. The number of hydrogen-bond acceptors (Lipinski definition) is 5.